The Morgan fingerprint density at radius 2 is 1.77 bits per heavy atom. The molecule has 2 rings (SSSR count). The minimum absolute atomic E-state index is 0.00728. The van der Waals surface area contributed by atoms with Crippen molar-refractivity contribution in [2.45, 2.75) is 52.0 Å². The van der Waals surface area contributed by atoms with E-state index in [0.29, 0.717) is 45.1 Å². The first-order valence-corrected chi connectivity index (χ1v) is 9.51. The lowest BCUT2D eigenvalue weighted by atomic mass is 9.81. The van der Waals surface area contributed by atoms with Gasteiger partial charge in [-0.25, -0.2) is 0 Å². The molecule has 1 aromatic rings. The van der Waals surface area contributed by atoms with Gasteiger partial charge in [0.1, 0.15) is 6.04 Å². The molecule has 0 bridgehead atoms. The quantitative estimate of drug-likeness (QED) is 0.813. The van der Waals surface area contributed by atoms with E-state index < -0.39 is 6.04 Å². The highest BCUT2D eigenvalue weighted by atomic mass is 16.5. The molecule has 1 aromatic carbocycles. The molecule has 26 heavy (non-hydrogen) atoms. The second kappa shape index (κ2) is 9.17. The predicted molar refractivity (Wildman–Crippen MR) is 103 cm³/mol. The van der Waals surface area contributed by atoms with Gasteiger partial charge in [0.25, 0.3) is 0 Å². The highest BCUT2D eigenvalue weighted by Gasteiger charge is 2.30. The van der Waals surface area contributed by atoms with E-state index in [9.17, 15) is 9.59 Å². The molecule has 0 aromatic heterocycles. The third-order valence-corrected chi connectivity index (χ3v) is 4.82. The molecule has 1 N–H and O–H groups in total. The van der Waals surface area contributed by atoms with Gasteiger partial charge in [0.05, 0.1) is 13.2 Å². The van der Waals surface area contributed by atoms with Gasteiger partial charge in [0, 0.05) is 19.5 Å². The van der Waals surface area contributed by atoms with Crippen LogP contribution in [-0.2, 0) is 19.7 Å². The molecule has 1 fully saturated rings. The fraction of sp³-hybridized carbons (Fsp3) is 0.619. The summed E-state index contributed by atoms with van der Waals surface area (Å²) in [5.41, 5.74) is 0.838. The first kappa shape index (κ1) is 20.4. The van der Waals surface area contributed by atoms with Crippen LogP contribution in [0.5, 0.6) is 0 Å². The van der Waals surface area contributed by atoms with Crippen LogP contribution in [-0.4, -0.2) is 49.1 Å². The highest BCUT2D eigenvalue weighted by Crippen LogP contribution is 2.26. The van der Waals surface area contributed by atoms with Crippen LogP contribution in [0.1, 0.15) is 46.1 Å². The molecule has 1 aliphatic rings. The van der Waals surface area contributed by atoms with Gasteiger partial charge >= 0.3 is 0 Å². The van der Waals surface area contributed by atoms with Gasteiger partial charge in [-0.15, -0.1) is 0 Å². The van der Waals surface area contributed by atoms with E-state index in [0.717, 1.165) is 5.56 Å². The van der Waals surface area contributed by atoms with Crippen molar-refractivity contribution in [1.29, 1.82) is 0 Å². The van der Waals surface area contributed by atoms with Crippen LogP contribution in [0.4, 0.5) is 0 Å². The summed E-state index contributed by atoms with van der Waals surface area (Å²) in [6.45, 7) is 10.6. The SMILES string of the molecule is CC(C)C[C@@H](NC(=O)CC(C)(C)c1ccccc1)C(=O)N1CCOCC1. The Kier molecular flexibility index (Phi) is 7.21. The second-order valence-corrected chi connectivity index (χ2v) is 8.11. The number of carbonyl (C=O) groups excluding carboxylic acids is 2. The first-order valence-electron chi connectivity index (χ1n) is 9.51. The minimum atomic E-state index is -0.466. The van der Waals surface area contributed by atoms with Crippen molar-refractivity contribution in [1.82, 2.24) is 10.2 Å². The van der Waals surface area contributed by atoms with Crippen molar-refractivity contribution < 1.29 is 14.3 Å². The summed E-state index contributed by atoms with van der Waals surface area (Å²) < 4.78 is 5.33. The van der Waals surface area contributed by atoms with Gasteiger partial charge in [-0.05, 0) is 23.3 Å². The Bertz CT molecular complexity index is 593. The second-order valence-electron chi connectivity index (χ2n) is 8.11. The number of morpholine rings is 1. The number of benzene rings is 1. The average Bonchev–Trinajstić information content (AvgIpc) is 2.61. The number of amides is 2. The molecule has 1 atom stereocenters. The number of hydrogen-bond acceptors (Lipinski definition) is 3. The van der Waals surface area contributed by atoms with Crippen molar-refractivity contribution in [3.05, 3.63) is 35.9 Å². The van der Waals surface area contributed by atoms with E-state index in [-0.39, 0.29) is 17.2 Å². The van der Waals surface area contributed by atoms with Crippen molar-refractivity contribution in [2.75, 3.05) is 26.3 Å². The summed E-state index contributed by atoms with van der Waals surface area (Å²) in [5, 5.41) is 3.00. The Balaban J connectivity index is 2.02. The molecule has 5 nitrogen and oxygen atoms in total. The van der Waals surface area contributed by atoms with Crippen LogP contribution in [0.25, 0.3) is 0 Å². The maximum atomic E-state index is 12.9. The van der Waals surface area contributed by atoms with E-state index in [1.165, 1.54) is 0 Å². The van der Waals surface area contributed by atoms with Crippen LogP contribution >= 0.6 is 0 Å². The van der Waals surface area contributed by atoms with Crippen LogP contribution in [0.15, 0.2) is 30.3 Å². The minimum Gasteiger partial charge on any atom is -0.378 e. The molecule has 2 amide bonds. The predicted octanol–water partition coefficient (Wildman–Crippen LogP) is 2.74. The summed E-state index contributed by atoms with van der Waals surface area (Å²) in [7, 11) is 0. The number of rotatable bonds is 7. The molecule has 1 aliphatic heterocycles. The molecule has 0 saturated carbocycles. The number of hydrogen-bond donors (Lipinski definition) is 1. The lowest BCUT2D eigenvalue weighted by Crippen LogP contribution is -2.52. The summed E-state index contributed by atoms with van der Waals surface area (Å²) in [6, 6.07) is 9.55. The zero-order valence-corrected chi connectivity index (χ0v) is 16.5. The number of nitrogens with zero attached hydrogens (tertiary/aromatic N) is 1. The molecular weight excluding hydrogens is 328 g/mol. The summed E-state index contributed by atoms with van der Waals surface area (Å²) in [5.74, 6) is 0.256. The standard InChI is InChI=1S/C21H32N2O3/c1-16(2)14-18(20(25)23-10-12-26-13-11-23)22-19(24)15-21(3,4)17-8-6-5-7-9-17/h5-9,16,18H,10-15H2,1-4H3,(H,22,24)/t18-/m1/s1. The van der Waals surface area contributed by atoms with E-state index in [1.807, 2.05) is 30.3 Å². The first-order chi connectivity index (χ1) is 12.3. The molecule has 144 valence electrons. The fourth-order valence-electron chi connectivity index (χ4n) is 3.34. The maximum Gasteiger partial charge on any atom is 0.245 e. The van der Waals surface area contributed by atoms with Crippen LogP contribution in [0.2, 0.25) is 0 Å². The van der Waals surface area contributed by atoms with Crippen LogP contribution < -0.4 is 5.32 Å². The molecule has 0 unspecified atom stereocenters. The van der Waals surface area contributed by atoms with Gasteiger partial charge in [0.15, 0.2) is 0 Å². The summed E-state index contributed by atoms with van der Waals surface area (Å²) >= 11 is 0. The van der Waals surface area contributed by atoms with Crippen molar-refractivity contribution in [3.8, 4) is 0 Å². The number of ether oxygens (including phenoxy) is 1. The van der Waals surface area contributed by atoms with Gasteiger partial charge in [-0.2, -0.15) is 0 Å². The smallest absolute Gasteiger partial charge is 0.245 e. The Morgan fingerprint density at radius 3 is 2.35 bits per heavy atom. The third-order valence-electron chi connectivity index (χ3n) is 4.82. The summed E-state index contributed by atoms with van der Waals surface area (Å²) in [4.78, 5) is 27.4. The lowest BCUT2D eigenvalue weighted by molar-refractivity contribution is -0.140. The molecular formula is C21H32N2O3. The lowest BCUT2D eigenvalue weighted by Gasteiger charge is -2.32. The molecule has 5 heteroatoms. The van der Waals surface area contributed by atoms with Gasteiger partial charge < -0.3 is 15.0 Å². The Labute approximate surface area is 157 Å². The van der Waals surface area contributed by atoms with Gasteiger partial charge in [-0.3, -0.25) is 9.59 Å². The van der Waals surface area contributed by atoms with Crippen molar-refractivity contribution in [2.24, 2.45) is 5.92 Å². The van der Waals surface area contributed by atoms with Crippen molar-refractivity contribution in [3.63, 3.8) is 0 Å². The number of carbonyl (C=O) groups is 2. The molecule has 0 radical (unpaired) electrons. The average molecular weight is 360 g/mol. The Hall–Kier alpha value is -1.88. The zero-order valence-electron chi connectivity index (χ0n) is 16.5. The molecule has 1 heterocycles. The normalized spacial score (nSPS) is 16.4. The van der Waals surface area contributed by atoms with E-state index in [4.69, 9.17) is 4.74 Å². The van der Waals surface area contributed by atoms with Gasteiger partial charge in [-0.1, -0.05) is 58.0 Å². The fourth-order valence-corrected chi connectivity index (χ4v) is 3.34. The topological polar surface area (TPSA) is 58.6 Å². The molecule has 0 spiro atoms. The highest BCUT2D eigenvalue weighted by molar-refractivity contribution is 5.88. The van der Waals surface area contributed by atoms with Crippen LogP contribution in [0.3, 0.4) is 0 Å². The Morgan fingerprint density at radius 1 is 1.15 bits per heavy atom. The summed E-state index contributed by atoms with van der Waals surface area (Å²) in [6.07, 6.45) is 0.996. The third kappa shape index (κ3) is 5.84. The molecule has 0 aliphatic carbocycles. The van der Waals surface area contributed by atoms with Crippen LogP contribution in [0, 0.1) is 5.92 Å². The maximum absolute atomic E-state index is 12.9. The van der Waals surface area contributed by atoms with Crippen molar-refractivity contribution >= 4 is 11.8 Å². The largest absolute Gasteiger partial charge is 0.378 e. The van der Waals surface area contributed by atoms with E-state index >= 15 is 0 Å². The van der Waals surface area contributed by atoms with E-state index in [1.54, 1.807) is 4.90 Å². The number of nitrogens with one attached hydrogen (secondary N) is 1. The monoisotopic (exact) mass is 360 g/mol. The van der Waals surface area contributed by atoms with Gasteiger partial charge in [0.2, 0.25) is 11.8 Å². The zero-order chi connectivity index (χ0) is 19.2. The molecule has 1 saturated heterocycles. The van der Waals surface area contributed by atoms with E-state index in [2.05, 4.69) is 33.0 Å².